The van der Waals surface area contributed by atoms with Gasteiger partial charge in [0.1, 0.15) is 0 Å². The summed E-state index contributed by atoms with van der Waals surface area (Å²) in [6.45, 7) is 0.833. The molecule has 0 radical (unpaired) electrons. The third-order valence-electron chi connectivity index (χ3n) is 2.98. The number of aromatic nitrogens is 2. The number of rotatable bonds is 4. The van der Waals surface area contributed by atoms with Crippen molar-refractivity contribution in [1.82, 2.24) is 9.97 Å². The van der Waals surface area contributed by atoms with E-state index in [-0.39, 0.29) is 0 Å². The van der Waals surface area contributed by atoms with E-state index in [1.165, 1.54) is 0 Å². The molecule has 0 spiro atoms. The molecule has 0 aliphatic heterocycles. The molecule has 0 amide bonds. The topological polar surface area (TPSA) is 63.8 Å². The maximum atomic E-state index is 5.95. The van der Waals surface area contributed by atoms with Crippen molar-refractivity contribution < 1.29 is 0 Å². The first-order valence-corrected chi connectivity index (χ1v) is 7.03. The molecule has 2 heterocycles. The minimum atomic E-state index is 0.758. The highest BCUT2D eigenvalue weighted by Crippen LogP contribution is 2.26. The zero-order valence-corrected chi connectivity index (χ0v) is 11.2. The Morgan fingerprint density at radius 1 is 1.21 bits per heavy atom. The quantitative estimate of drug-likeness (QED) is 0.715. The Morgan fingerprint density at radius 3 is 3.00 bits per heavy atom. The molecule has 0 aliphatic carbocycles. The van der Waals surface area contributed by atoms with Crippen molar-refractivity contribution in [3.05, 3.63) is 47.0 Å². The van der Waals surface area contributed by atoms with Crippen molar-refractivity contribution in [2.45, 2.75) is 6.42 Å². The van der Waals surface area contributed by atoms with Crippen LogP contribution in [0.15, 0.2) is 41.4 Å². The van der Waals surface area contributed by atoms with Gasteiger partial charge in [-0.3, -0.25) is 4.98 Å². The number of nitrogen functional groups attached to an aromatic ring is 1. The van der Waals surface area contributed by atoms with E-state index >= 15 is 0 Å². The molecule has 0 saturated carbocycles. The largest absolute Gasteiger partial charge is 0.398 e. The molecular weight excluding hydrogens is 256 g/mol. The van der Waals surface area contributed by atoms with E-state index in [4.69, 9.17) is 5.73 Å². The second-order valence-electron chi connectivity index (χ2n) is 4.26. The van der Waals surface area contributed by atoms with Crippen molar-refractivity contribution >= 4 is 33.6 Å². The Kier molecular flexibility index (Phi) is 3.29. The fourth-order valence-electron chi connectivity index (χ4n) is 2.02. The molecule has 3 aromatic rings. The minimum Gasteiger partial charge on any atom is -0.398 e. The number of fused-ring (bicyclic) bond motifs is 1. The molecule has 0 aliphatic rings. The van der Waals surface area contributed by atoms with Gasteiger partial charge in [-0.15, -0.1) is 11.3 Å². The highest BCUT2D eigenvalue weighted by atomic mass is 32.1. The summed E-state index contributed by atoms with van der Waals surface area (Å²) in [5.41, 5.74) is 11.6. The van der Waals surface area contributed by atoms with Crippen molar-refractivity contribution in [2.75, 3.05) is 17.6 Å². The van der Waals surface area contributed by atoms with Gasteiger partial charge in [-0.2, -0.15) is 0 Å². The predicted molar refractivity (Wildman–Crippen MR) is 80.5 cm³/mol. The molecule has 0 saturated heterocycles. The number of nitrogens with zero attached hydrogens (tertiary/aromatic N) is 2. The van der Waals surface area contributed by atoms with Crippen molar-refractivity contribution in [3.63, 3.8) is 0 Å². The van der Waals surface area contributed by atoms with Crippen LogP contribution in [0.1, 0.15) is 5.69 Å². The molecule has 96 valence electrons. The number of nitrogens with two attached hydrogens (primary N) is 1. The van der Waals surface area contributed by atoms with Gasteiger partial charge in [-0.05, 0) is 24.3 Å². The summed E-state index contributed by atoms with van der Waals surface area (Å²) in [4.78, 5) is 8.67. The lowest BCUT2D eigenvalue weighted by molar-refractivity contribution is 0.978. The molecule has 0 bridgehead atoms. The second kappa shape index (κ2) is 5.24. The van der Waals surface area contributed by atoms with Gasteiger partial charge < -0.3 is 11.1 Å². The molecule has 0 unspecified atom stereocenters. The molecule has 2 aromatic heterocycles. The Morgan fingerprint density at radius 2 is 2.16 bits per heavy atom. The van der Waals surface area contributed by atoms with Crippen LogP contribution >= 0.6 is 11.3 Å². The van der Waals surface area contributed by atoms with Crippen LogP contribution in [0.25, 0.3) is 10.9 Å². The zero-order valence-electron chi connectivity index (χ0n) is 10.3. The summed E-state index contributed by atoms with van der Waals surface area (Å²) in [6.07, 6.45) is 2.69. The molecule has 5 heteroatoms. The van der Waals surface area contributed by atoms with E-state index in [1.54, 1.807) is 17.5 Å². The van der Waals surface area contributed by atoms with E-state index in [0.717, 1.165) is 40.9 Å². The van der Waals surface area contributed by atoms with Gasteiger partial charge in [0, 0.05) is 35.6 Å². The summed E-state index contributed by atoms with van der Waals surface area (Å²) in [5.74, 6) is 0. The maximum absolute atomic E-state index is 5.95. The van der Waals surface area contributed by atoms with Gasteiger partial charge in [0.15, 0.2) is 0 Å². The van der Waals surface area contributed by atoms with Gasteiger partial charge in [0.25, 0.3) is 0 Å². The van der Waals surface area contributed by atoms with E-state index in [2.05, 4.69) is 20.7 Å². The Labute approximate surface area is 115 Å². The standard InChI is InChI=1S/C14H14N4S/c15-12-3-4-13(14-11(12)2-1-6-17-14)16-7-5-10-8-19-9-18-10/h1-4,6,8-9,16H,5,7,15H2. The number of benzene rings is 1. The monoisotopic (exact) mass is 270 g/mol. The summed E-state index contributed by atoms with van der Waals surface area (Å²) in [5, 5.41) is 6.46. The molecule has 4 nitrogen and oxygen atoms in total. The lowest BCUT2D eigenvalue weighted by Crippen LogP contribution is -2.06. The number of hydrogen-bond donors (Lipinski definition) is 2. The molecule has 0 atom stereocenters. The van der Waals surface area contributed by atoms with Gasteiger partial charge in [0.05, 0.1) is 22.4 Å². The van der Waals surface area contributed by atoms with Crippen LogP contribution in [-0.4, -0.2) is 16.5 Å². The average molecular weight is 270 g/mol. The van der Waals surface area contributed by atoms with Crippen LogP contribution < -0.4 is 11.1 Å². The second-order valence-corrected chi connectivity index (χ2v) is 4.98. The predicted octanol–water partition coefficient (Wildman–Crippen LogP) is 2.93. The van der Waals surface area contributed by atoms with Crippen molar-refractivity contribution in [1.29, 1.82) is 0 Å². The summed E-state index contributed by atoms with van der Waals surface area (Å²) in [7, 11) is 0. The van der Waals surface area contributed by atoms with Crippen molar-refractivity contribution in [2.24, 2.45) is 0 Å². The normalized spacial score (nSPS) is 10.7. The van der Waals surface area contributed by atoms with E-state index in [1.807, 2.05) is 29.8 Å². The number of anilines is 2. The van der Waals surface area contributed by atoms with E-state index < -0.39 is 0 Å². The first-order valence-electron chi connectivity index (χ1n) is 6.09. The molecule has 19 heavy (non-hydrogen) atoms. The maximum Gasteiger partial charge on any atom is 0.0953 e. The minimum absolute atomic E-state index is 0.758. The van der Waals surface area contributed by atoms with E-state index in [0.29, 0.717) is 0 Å². The SMILES string of the molecule is Nc1ccc(NCCc2cscn2)c2ncccc12. The number of thiazole rings is 1. The Bertz CT molecular complexity index is 679. The van der Waals surface area contributed by atoms with E-state index in [9.17, 15) is 0 Å². The first kappa shape index (κ1) is 11.9. The Balaban J connectivity index is 1.79. The third-order valence-corrected chi connectivity index (χ3v) is 3.62. The van der Waals surface area contributed by atoms with Gasteiger partial charge >= 0.3 is 0 Å². The molecule has 1 aromatic carbocycles. The van der Waals surface area contributed by atoms with Crippen LogP contribution in [0, 0.1) is 0 Å². The lowest BCUT2D eigenvalue weighted by Gasteiger charge is -2.09. The van der Waals surface area contributed by atoms with Crippen LogP contribution in [-0.2, 0) is 6.42 Å². The van der Waals surface area contributed by atoms with Crippen LogP contribution in [0.5, 0.6) is 0 Å². The molecular formula is C14H14N4S. The highest BCUT2D eigenvalue weighted by molar-refractivity contribution is 7.07. The summed E-state index contributed by atoms with van der Waals surface area (Å²) < 4.78 is 0. The molecule has 3 N–H and O–H groups in total. The fourth-order valence-corrected chi connectivity index (χ4v) is 2.62. The number of nitrogens with one attached hydrogen (secondary N) is 1. The van der Waals surface area contributed by atoms with Crippen molar-refractivity contribution in [3.8, 4) is 0 Å². The molecule has 0 fully saturated rings. The first-order chi connectivity index (χ1) is 9.34. The van der Waals surface area contributed by atoms with Crippen LogP contribution in [0.2, 0.25) is 0 Å². The third kappa shape index (κ3) is 2.51. The lowest BCUT2D eigenvalue weighted by atomic mass is 10.1. The van der Waals surface area contributed by atoms with Crippen LogP contribution in [0.3, 0.4) is 0 Å². The summed E-state index contributed by atoms with van der Waals surface area (Å²) in [6, 6.07) is 7.78. The highest BCUT2D eigenvalue weighted by Gasteiger charge is 2.04. The fraction of sp³-hybridized carbons (Fsp3) is 0.143. The zero-order chi connectivity index (χ0) is 13.1. The smallest absolute Gasteiger partial charge is 0.0953 e. The van der Waals surface area contributed by atoms with Crippen LogP contribution in [0.4, 0.5) is 11.4 Å². The average Bonchev–Trinajstić information content (AvgIpc) is 2.95. The number of hydrogen-bond acceptors (Lipinski definition) is 5. The summed E-state index contributed by atoms with van der Waals surface area (Å²) >= 11 is 1.62. The van der Waals surface area contributed by atoms with Gasteiger partial charge in [-0.25, -0.2) is 4.98 Å². The Hall–Kier alpha value is -2.14. The van der Waals surface area contributed by atoms with Gasteiger partial charge in [0.2, 0.25) is 0 Å². The van der Waals surface area contributed by atoms with Gasteiger partial charge in [-0.1, -0.05) is 0 Å². The molecule has 3 rings (SSSR count). The number of pyridine rings is 1.